The van der Waals surface area contributed by atoms with Gasteiger partial charge in [-0.05, 0) is 31.0 Å². The van der Waals surface area contributed by atoms with Crippen LogP contribution in [0.4, 0.5) is 0 Å². The molecule has 5 nitrogen and oxygen atoms in total. The fourth-order valence-corrected chi connectivity index (χ4v) is 4.94. The second-order valence-electron chi connectivity index (χ2n) is 8.42. The summed E-state index contributed by atoms with van der Waals surface area (Å²) in [6.45, 7) is 1.85. The molecule has 2 aliphatic heterocycles. The van der Waals surface area contributed by atoms with E-state index < -0.39 is 5.92 Å². The molecule has 0 spiro atoms. The molecule has 164 valence electrons. The molecule has 3 aromatic rings. The van der Waals surface area contributed by atoms with E-state index in [0.717, 1.165) is 46.8 Å². The van der Waals surface area contributed by atoms with Gasteiger partial charge in [0.1, 0.15) is 17.2 Å². The summed E-state index contributed by atoms with van der Waals surface area (Å²) in [6, 6.07) is 23.6. The van der Waals surface area contributed by atoms with Crippen LogP contribution in [0.5, 0.6) is 17.2 Å². The molecule has 0 unspecified atom stereocenters. The number of methoxy groups -OCH3 is 1. The first-order valence-electron chi connectivity index (χ1n) is 11.1. The Labute approximate surface area is 188 Å². The van der Waals surface area contributed by atoms with Gasteiger partial charge in [-0.25, -0.2) is 0 Å². The summed E-state index contributed by atoms with van der Waals surface area (Å²) in [7, 11) is 1.69. The van der Waals surface area contributed by atoms with E-state index in [2.05, 4.69) is 11.4 Å². The molecule has 32 heavy (non-hydrogen) atoms. The number of amides is 1. The summed E-state index contributed by atoms with van der Waals surface area (Å²) in [5.41, 5.74) is 2.67. The Hall–Kier alpha value is -3.31. The molecular weight excluding hydrogens is 402 g/mol. The molecule has 1 fully saturated rings. The molecular formula is C27H27NO4. The van der Waals surface area contributed by atoms with E-state index in [1.807, 2.05) is 66.7 Å². The molecule has 0 aromatic heterocycles. The van der Waals surface area contributed by atoms with Crippen LogP contribution in [0, 0.1) is 0 Å². The minimum absolute atomic E-state index is 0.0195. The Bertz CT molecular complexity index is 1070. The number of ether oxygens (including phenoxy) is 3. The van der Waals surface area contributed by atoms with Gasteiger partial charge >= 0.3 is 0 Å². The van der Waals surface area contributed by atoms with E-state index in [9.17, 15) is 4.79 Å². The lowest BCUT2D eigenvalue weighted by Crippen LogP contribution is -2.46. The molecule has 0 aliphatic carbocycles. The Morgan fingerprint density at radius 3 is 2.19 bits per heavy atom. The van der Waals surface area contributed by atoms with Crippen molar-refractivity contribution in [3.05, 3.63) is 89.5 Å². The van der Waals surface area contributed by atoms with Crippen LogP contribution in [0.25, 0.3) is 0 Å². The van der Waals surface area contributed by atoms with Gasteiger partial charge in [-0.3, -0.25) is 4.79 Å². The van der Waals surface area contributed by atoms with E-state index in [4.69, 9.17) is 14.2 Å². The second-order valence-corrected chi connectivity index (χ2v) is 8.42. The Balaban J connectivity index is 1.46. The summed E-state index contributed by atoms with van der Waals surface area (Å²) in [6.07, 6.45) is 1.66. The van der Waals surface area contributed by atoms with E-state index in [0.29, 0.717) is 19.8 Å². The lowest BCUT2D eigenvalue weighted by Gasteiger charge is -2.39. The van der Waals surface area contributed by atoms with Crippen molar-refractivity contribution in [1.29, 1.82) is 0 Å². The van der Waals surface area contributed by atoms with Gasteiger partial charge in [-0.1, -0.05) is 54.6 Å². The first-order valence-corrected chi connectivity index (χ1v) is 11.1. The van der Waals surface area contributed by atoms with E-state index >= 15 is 0 Å². The number of nitrogens with one attached hydrogen (secondary N) is 1. The van der Waals surface area contributed by atoms with Crippen LogP contribution in [0.2, 0.25) is 0 Å². The molecule has 0 radical (unpaired) electrons. The minimum Gasteiger partial charge on any atom is -0.496 e. The molecule has 1 saturated heterocycles. The van der Waals surface area contributed by atoms with Crippen molar-refractivity contribution in [1.82, 2.24) is 5.32 Å². The molecule has 0 bridgehead atoms. The predicted molar refractivity (Wildman–Crippen MR) is 123 cm³/mol. The van der Waals surface area contributed by atoms with Crippen LogP contribution in [-0.2, 0) is 14.9 Å². The van der Waals surface area contributed by atoms with Crippen molar-refractivity contribution in [2.45, 2.75) is 24.2 Å². The second kappa shape index (κ2) is 8.67. The summed E-state index contributed by atoms with van der Waals surface area (Å²) in [4.78, 5) is 13.7. The summed E-state index contributed by atoms with van der Waals surface area (Å²) in [5, 5.41) is 3.29. The van der Waals surface area contributed by atoms with Crippen LogP contribution < -0.4 is 14.8 Å². The number of carbonyl (C=O) groups excluding carboxylic acids is 1. The van der Waals surface area contributed by atoms with Crippen LogP contribution in [0.1, 0.15) is 35.4 Å². The molecule has 2 heterocycles. The average Bonchev–Trinajstić information content (AvgIpc) is 2.86. The van der Waals surface area contributed by atoms with E-state index in [1.165, 1.54) is 0 Å². The maximum Gasteiger partial charge on any atom is 0.232 e. The summed E-state index contributed by atoms with van der Waals surface area (Å²) in [5.74, 6) is 1.89. The van der Waals surface area contributed by atoms with Gasteiger partial charge in [-0.2, -0.15) is 0 Å². The van der Waals surface area contributed by atoms with Crippen LogP contribution >= 0.6 is 0 Å². The lowest BCUT2D eigenvalue weighted by atomic mass is 9.73. The molecule has 2 aliphatic rings. The van der Waals surface area contributed by atoms with Crippen molar-refractivity contribution in [3.63, 3.8) is 0 Å². The summed E-state index contributed by atoms with van der Waals surface area (Å²) < 4.78 is 17.4. The normalized spacial score (nSPS) is 16.9. The first-order chi connectivity index (χ1) is 15.7. The first kappa shape index (κ1) is 20.6. The van der Waals surface area contributed by atoms with Gasteiger partial charge < -0.3 is 19.5 Å². The maximum atomic E-state index is 13.7. The highest BCUT2D eigenvalue weighted by atomic mass is 16.5. The van der Waals surface area contributed by atoms with E-state index in [1.54, 1.807) is 7.11 Å². The number of hydrogen-bond acceptors (Lipinski definition) is 4. The molecule has 0 atom stereocenters. The third-order valence-electron chi connectivity index (χ3n) is 6.67. The quantitative estimate of drug-likeness (QED) is 0.633. The molecule has 5 heteroatoms. The number of fused-ring (bicyclic) bond motifs is 2. The van der Waals surface area contributed by atoms with Crippen molar-refractivity contribution in [2.24, 2.45) is 0 Å². The minimum atomic E-state index is -0.411. The maximum absolute atomic E-state index is 13.7. The Morgan fingerprint density at radius 1 is 0.938 bits per heavy atom. The molecule has 3 aromatic carbocycles. The van der Waals surface area contributed by atoms with E-state index in [-0.39, 0.29) is 11.3 Å². The van der Waals surface area contributed by atoms with Crippen LogP contribution in [-0.4, -0.2) is 32.8 Å². The fourth-order valence-electron chi connectivity index (χ4n) is 4.94. The number of benzene rings is 3. The number of carbonyl (C=O) groups is 1. The Morgan fingerprint density at radius 2 is 1.53 bits per heavy atom. The molecule has 5 rings (SSSR count). The SMILES string of the molecule is COc1ccccc1C1(CNC(=O)C2c3ccccc3Oc3ccccc32)CCOCC1. The summed E-state index contributed by atoms with van der Waals surface area (Å²) >= 11 is 0. The third-order valence-corrected chi connectivity index (χ3v) is 6.67. The zero-order valence-electron chi connectivity index (χ0n) is 18.2. The van der Waals surface area contributed by atoms with Gasteiger partial charge in [-0.15, -0.1) is 0 Å². The standard InChI is InChI=1S/C27H27NO4/c1-30-24-13-7-4-10-21(24)27(14-16-31-17-15-27)18-28-26(29)25-19-8-2-5-11-22(19)32-23-12-6-3-9-20(23)25/h2-13,25H,14-18H2,1H3,(H,28,29). The zero-order chi connectivity index (χ0) is 22.0. The highest BCUT2D eigenvalue weighted by molar-refractivity contribution is 5.89. The monoisotopic (exact) mass is 429 g/mol. The van der Waals surface area contributed by atoms with Crippen molar-refractivity contribution in [3.8, 4) is 17.2 Å². The Kier molecular flexibility index (Phi) is 5.58. The van der Waals surface area contributed by atoms with Crippen molar-refractivity contribution in [2.75, 3.05) is 26.9 Å². The highest BCUT2D eigenvalue weighted by Crippen LogP contribution is 2.44. The number of rotatable bonds is 5. The van der Waals surface area contributed by atoms with Crippen LogP contribution in [0.3, 0.4) is 0 Å². The third kappa shape index (κ3) is 3.63. The topological polar surface area (TPSA) is 56.8 Å². The van der Waals surface area contributed by atoms with Gasteiger partial charge in [0, 0.05) is 41.9 Å². The highest BCUT2D eigenvalue weighted by Gasteiger charge is 2.39. The van der Waals surface area contributed by atoms with Crippen LogP contribution in [0.15, 0.2) is 72.8 Å². The van der Waals surface area contributed by atoms with Gasteiger partial charge in [0.2, 0.25) is 5.91 Å². The van der Waals surface area contributed by atoms with Crippen molar-refractivity contribution >= 4 is 5.91 Å². The van der Waals surface area contributed by atoms with Gasteiger partial charge in [0.25, 0.3) is 0 Å². The van der Waals surface area contributed by atoms with Gasteiger partial charge in [0.15, 0.2) is 0 Å². The lowest BCUT2D eigenvalue weighted by molar-refractivity contribution is -0.122. The molecule has 1 amide bonds. The predicted octanol–water partition coefficient (Wildman–Crippen LogP) is 4.80. The smallest absolute Gasteiger partial charge is 0.232 e. The molecule has 0 saturated carbocycles. The number of para-hydroxylation sites is 3. The molecule has 1 N–H and O–H groups in total. The zero-order valence-corrected chi connectivity index (χ0v) is 18.2. The van der Waals surface area contributed by atoms with Gasteiger partial charge in [0.05, 0.1) is 13.0 Å². The number of hydrogen-bond donors (Lipinski definition) is 1. The fraction of sp³-hybridized carbons (Fsp3) is 0.296. The largest absolute Gasteiger partial charge is 0.496 e. The average molecular weight is 430 g/mol. The van der Waals surface area contributed by atoms with Crippen molar-refractivity contribution < 1.29 is 19.0 Å².